The predicted octanol–water partition coefficient (Wildman–Crippen LogP) is 1.78. The molecule has 0 atom stereocenters. The lowest BCUT2D eigenvalue weighted by Crippen LogP contribution is -2.30. The van der Waals surface area contributed by atoms with Crippen molar-refractivity contribution in [2.24, 2.45) is 0 Å². The Kier molecular flexibility index (Phi) is 3.46. The largest absolute Gasteiger partial charge is 0.460 e. The van der Waals surface area contributed by atoms with Crippen LogP contribution in [0.4, 0.5) is 0 Å². The van der Waals surface area contributed by atoms with Crippen molar-refractivity contribution in [2.75, 3.05) is 0 Å². The fourth-order valence-electron chi connectivity index (χ4n) is 0.965. The normalized spacial score (nSPS) is 11.4. The molecular weight excluding hydrogens is 184 g/mol. The van der Waals surface area contributed by atoms with Gasteiger partial charge in [-0.1, -0.05) is 12.1 Å². The summed E-state index contributed by atoms with van der Waals surface area (Å²) in [7, 11) is 0. The summed E-state index contributed by atoms with van der Waals surface area (Å²) >= 11 is 0. The predicted molar refractivity (Wildman–Crippen MR) is 50.8 cm³/mol. The number of benzene rings is 1. The third-order valence-corrected chi connectivity index (χ3v) is 1.69. The molecule has 0 radical (unpaired) electrons. The van der Waals surface area contributed by atoms with Crippen molar-refractivity contribution in [3.05, 3.63) is 29.8 Å². The van der Waals surface area contributed by atoms with Gasteiger partial charge < -0.3 is 9.84 Å². The minimum atomic E-state index is -1.07. The third-order valence-electron chi connectivity index (χ3n) is 1.69. The van der Waals surface area contributed by atoms with Crippen LogP contribution in [0.1, 0.15) is 19.4 Å². The number of aliphatic hydroxyl groups is 1. The van der Waals surface area contributed by atoms with Crippen LogP contribution < -0.4 is 4.74 Å². The highest BCUT2D eigenvalue weighted by atomic mass is 17.1. The summed E-state index contributed by atoms with van der Waals surface area (Å²) in [5.74, 6) is -0.498. The molecule has 0 aliphatic rings. The Morgan fingerprint density at radius 2 is 1.79 bits per heavy atom. The molecule has 14 heavy (non-hydrogen) atoms. The van der Waals surface area contributed by atoms with E-state index in [2.05, 4.69) is 4.89 Å². The first-order valence-corrected chi connectivity index (χ1v) is 4.29. The second-order valence-corrected chi connectivity index (χ2v) is 3.40. The van der Waals surface area contributed by atoms with Gasteiger partial charge in [0.25, 0.3) is 0 Å². The molecule has 0 unspecified atom stereocenters. The van der Waals surface area contributed by atoms with Gasteiger partial charge in [0.2, 0.25) is 5.79 Å². The van der Waals surface area contributed by atoms with Crippen LogP contribution >= 0.6 is 0 Å². The van der Waals surface area contributed by atoms with Crippen molar-refractivity contribution in [3.8, 4) is 5.75 Å². The van der Waals surface area contributed by atoms with Gasteiger partial charge in [0.05, 0.1) is 6.61 Å². The molecule has 1 aromatic rings. The molecule has 2 N–H and O–H groups in total. The zero-order chi connectivity index (χ0) is 10.6. The number of rotatable bonds is 4. The highest BCUT2D eigenvalue weighted by molar-refractivity contribution is 5.27. The van der Waals surface area contributed by atoms with E-state index in [0.717, 1.165) is 5.56 Å². The zero-order valence-electron chi connectivity index (χ0n) is 8.23. The van der Waals surface area contributed by atoms with Gasteiger partial charge in [-0.15, -0.1) is 0 Å². The number of aliphatic hydroxyl groups excluding tert-OH is 1. The van der Waals surface area contributed by atoms with Crippen molar-refractivity contribution in [1.82, 2.24) is 0 Å². The summed E-state index contributed by atoms with van der Waals surface area (Å²) in [6.07, 6.45) is 0. The van der Waals surface area contributed by atoms with Gasteiger partial charge in [-0.25, -0.2) is 5.26 Å². The molecule has 4 heteroatoms. The lowest BCUT2D eigenvalue weighted by molar-refractivity contribution is -0.368. The second-order valence-electron chi connectivity index (χ2n) is 3.40. The fourth-order valence-corrected chi connectivity index (χ4v) is 0.965. The van der Waals surface area contributed by atoms with Crippen LogP contribution in [0.2, 0.25) is 0 Å². The molecule has 0 aliphatic carbocycles. The van der Waals surface area contributed by atoms with Crippen LogP contribution in [-0.4, -0.2) is 16.2 Å². The monoisotopic (exact) mass is 198 g/mol. The highest BCUT2D eigenvalue weighted by Gasteiger charge is 2.19. The summed E-state index contributed by atoms with van der Waals surface area (Å²) in [5.41, 5.74) is 0.806. The second kappa shape index (κ2) is 4.41. The molecule has 0 amide bonds. The topological polar surface area (TPSA) is 58.9 Å². The fraction of sp³-hybridized carbons (Fsp3) is 0.400. The zero-order valence-corrected chi connectivity index (χ0v) is 8.23. The average Bonchev–Trinajstić information content (AvgIpc) is 2.19. The van der Waals surface area contributed by atoms with Crippen LogP contribution in [0, 0.1) is 0 Å². The van der Waals surface area contributed by atoms with E-state index in [4.69, 9.17) is 15.1 Å². The van der Waals surface area contributed by atoms with E-state index in [9.17, 15) is 0 Å². The molecular formula is C10H14O4. The SMILES string of the molecule is CC(C)(OO)Oc1ccc(CO)cc1. The van der Waals surface area contributed by atoms with Crippen molar-refractivity contribution in [1.29, 1.82) is 0 Å². The van der Waals surface area contributed by atoms with E-state index in [0.29, 0.717) is 5.75 Å². The van der Waals surface area contributed by atoms with Crippen LogP contribution in [0.3, 0.4) is 0 Å². The maximum atomic E-state index is 8.80. The Labute approximate surface area is 82.6 Å². The molecule has 0 bridgehead atoms. The van der Waals surface area contributed by atoms with Gasteiger partial charge >= 0.3 is 0 Å². The Bertz CT molecular complexity index is 279. The lowest BCUT2D eigenvalue weighted by Gasteiger charge is -2.22. The van der Waals surface area contributed by atoms with Crippen molar-refractivity contribution in [2.45, 2.75) is 26.2 Å². The summed E-state index contributed by atoms with van der Waals surface area (Å²) in [6.45, 7) is 3.18. The molecule has 0 fully saturated rings. The Morgan fingerprint density at radius 1 is 1.21 bits per heavy atom. The van der Waals surface area contributed by atoms with E-state index in [1.165, 1.54) is 0 Å². The minimum absolute atomic E-state index is 0.000171. The minimum Gasteiger partial charge on any atom is -0.460 e. The highest BCUT2D eigenvalue weighted by Crippen LogP contribution is 2.19. The summed E-state index contributed by atoms with van der Waals surface area (Å²) < 4.78 is 5.30. The molecule has 1 aromatic carbocycles. The molecule has 4 nitrogen and oxygen atoms in total. The van der Waals surface area contributed by atoms with E-state index < -0.39 is 5.79 Å². The molecule has 0 saturated carbocycles. The quantitative estimate of drug-likeness (QED) is 0.440. The van der Waals surface area contributed by atoms with E-state index in [-0.39, 0.29) is 6.61 Å². The van der Waals surface area contributed by atoms with Gasteiger partial charge in [0, 0.05) is 13.8 Å². The maximum Gasteiger partial charge on any atom is 0.235 e. The molecule has 0 aromatic heterocycles. The smallest absolute Gasteiger partial charge is 0.235 e. The molecule has 0 saturated heterocycles. The summed E-state index contributed by atoms with van der Waals surface area (Å²) in [5, 5.41) is 17.3. The molecule has 0 heterocycles. The van der Waals surface area contributed by atoms with Crippen molar-refractivity contribution in [3.63, 3.8) is 0 Å². The van der Waals surface area contributed by atoms with Gasteiger partial charge in [0.15, 0.2) is 0 Å². The van der Waals surface area contributed by atoms with Crippen LogP contribution in [0.25, 0.3) is 0 Å². The van der Waals surface area contributed by atoms with E-state index in [1.54, 1.807) is 38.1 Å². The van der Waals surface area contributed by atoms with Crippen molar-refractivity contribution < 1.29 is 20.0 Å². The van der Waals surface area contributed by atoms with Crippen LogP contribution in [0.15, 0.2) is 24.3 Å². The Balaban J connectivity index is 2.69. The summed E-state index contributed by atoms with van der Waals surface area (Å²) in [4.78, 5) is 4.13. The average molecular weight is 198 g/mol. The van der Waals surface area contributed by atoms with Crippen LogP contribution in [-0.2, 0) is 11.5 Å². The molecule has 0 spiro atoms. The third kappa shape index (κ3) is 2.99. The summed E-state index contributed by atoms with van der Waals surface area (Å²) in [6, 6.07) is 6.88. The maximum absolute atomic E-state index is 8.80. The Hall–Kier alpha value is -1.10. The number of ether oxygens (including phenoxy) is 1. The Morgan fingerprint density at radius 3 is 2.21 bits per heavy atom. The van der Waals surface area contributed by atoms with E-state index >= 15 is 0 Å². The van der Waals surface area contributed by atoms with Crippen molar-refractivity contribution >= 4 is 0 Å². The van der Waals surface area contributed by atoms with E-state index in [1.807, 2.05) is 0 Å². The molecule has 1 rings (SSSR count). The van der Waals surface area contributed by atoms with Gasteiger partial charge in [-0.2, -0.15) is 4.89 Å². The molecule has 0 aliphatic heterocycles. The number of hydrogen-bond donors (Lipinski definition) is 2. The van der Waals surface area contributed by atoms with Gasteiger partial charge in [0.1, 0.15) is 5.75 Å². The first-order valence-electron chi connectivity index (χ1n) is 4.29. The molecule has 78 valence electrons. The number of hydrogen-bond acceptors (Lipinski definition) is 4. The van der Waals surface area contributed by atoms with Gasteiger partial charge in [-0.3, -0.25) is 0 Å². The lowest BCUT2D eigenvalue weighted by atomic mass is 10.2. The first-order chi connectivity index (χ1) is 6.57. The van der Waals surface area contributed by atoms with Crippen LogP contribution in [0.5, 0.6) is 5.75 Å². The standard InChI is InChI=1S/C10H14O4/c1-10(2,14-12)13-9-5-3-8(7-11)4-6-9/h3-6,11-12H,7H2,1-2H3. The van der Waals surface area contributed by atoms with Gasteiger partial charge in [-0.05, 0) is 17.7 Å². The first kappa shape index (κ1) is 11.0.